The SMILES string of the molecule is CCC(Nc1ccc(C#N)cc1)(C(=O)O)c1cc(C)cc(OC)c1. The van der Waals surface area contributed by atoms with Crippen LogP contribution in [-0.2, 0) is 10.3 Å². The highest BCUT2D eigenvalue weighted by atomic mass is 16.5. The summed E-state index contributed by atoms with van der Waals surface area (Å²) in [5, 5.41) is 21.9. The zero-order valence-corrected chi connectivity index (χ0v) is 14.0. The fraction of sp³-hybridized carbons (Fsp3) is 0.263. The molecular formula is C19H20N2O3. The zero-order valence-electron chi connectivity index (χ0n) is 14.0. The number of aryl methyl sites for hydroxylation is 1. The van der Waals surface area contributed by atoms with Crippen LogP contribution in [0.3, 0.4) is 0 Å². The van der Waals surface area contributed by atoms with Crippen molar-refractivity contribution >= 4 is 11.7 Å². The van der Waals surface area contributed by atoms with E-state index in [0.717, 1.165) is 5.56 Å². The first-order valence-electron chi connectivity index (χ1n) is 7.63. The predicted octanol–water partition coefficient (Wildman–Crippen LogP) is 3.68. The topological polar surface area (TPSA) is 82.4 Å². The summed E-state index contributed by atoms with van der Waals surface area (Å²) in [7, 11) is 1.56. The number of methoxy groups -OCH3 is 1. The number of anilines is 1. The van der Waals surface area contributed by atoms with Crippen molar-refractivity contribution in [3.63, 3.8) is 0 Å². The van der Waals surface area contributed by atoms with E-state index in [-0.39, 0.29) is 0 Å². The smallest absolute Gasteiger partial charge is 0.334 e. The number of carboxylic acid groups (broad SMARTS) is 1. The van der Waals surface area contributed by atoms with Crippen molar-refractivity contribution < 1.29 is 14.6 Å². The van der Waals surface area contributed by atoms with Crippen LogP contribution in [0.1, 0.15) is 30.0 Å². The molecule has 0 saturated heterocycles. The first-order chi connectivity index (χ1) is 11.4. The fourth-order valence-corrected chi connectivity index (χ4v) is 2.68. The molecule has 0 fully saturated rings. The molecule has 24 heavy (non-hydrogen) atoms. The Morgan fingerprint density at radius 2 is 1.96 bits per heavy atom. The van der Waals surface area contributed by atoms with E-state index in [1.54, 1.807) is 37.4 Å². The van der Waals surface area contributed by atoms with Gasteiger partial charge < -0.3 is 15.2 Å². The Morgan fingerprint density at radius 1 is 1.29 bits per heavy atom. The molecule has 2 N–H and O–H groups in total. The van der Waals surface area contributed by atoms with Crippen molar-refractivity contribution in [3.05, 3.63) is 59.2 Å². The molecule has 0 aliphatic heterocycles. The minimum atomic E-state index is -1.28. The van der Waals surface area contributed by atoms with Crippen molar-refractivity contribution in [1.82, 2.24) is 0 Å². The highest BCUT2D eigenvalue weighted by Crippen LogP contribution is 2.33. The van der Waals surface area contributed by atoms with Crippen LogP contribution >= 0.6 is 0 Å². The fourth-order valence-electron chi connectivity index (χ4n) is 2.68. The quantitative estimate of drug-likeness (QED) is 0.847. The van der Waals surface area contributed by atoms with E-state index in [1.165, 1.54) is 0 Å². The lowest BCUT2D eigenvalue weighted by Crippen LogP contribution is -2.43. The second-order valence-corrected chi connectivity index (χ2v) is 5.62. The summed E-state index contributed by atoms with van der Waals surface area (Å²) in [6, 6.07) is 14.2. The number of hydrogen-bond donors (Lipinski definition) is 2. The maximum absolute atomic E-state index is 12.1. The van der Waals surface area contributed by atoms with Gasteiger partial charge in [-0.25, -0.2) is 4.79 Å². The molecule has 0 heterocycles. The average Bonchev–Trinajstić information content (AvgIpc) is 2.59. The molecule has 0 radical (unpaired) electrons. The lowest BCUT2D eigenvalue weighted by atomic mass is 9.85. The number of nitrogens with one attached hydrogen (secondary N) is 1. The Kier molecular flexibility index (Phi) is 5.10. The van der Waals surface area contributed by atoms with Gasteiger partial charge in [0.15, 0.2) is 5.54 Å². The number of aliphatic carboxylic acids is 1. The minimum absolute atomic E-state index is 0.342. The molecule has 5 nitrogen and oxygen atoms in total. The summed E-state index contributed by atoms with van der Waals surface area (Å²) in [6.07, 6.45) is 0.342. The molecule has 0 aliphatic rings. The van der Waals surface area contributed by atoms with Gasteiger partial charge in [-0.3, -0.25) is 0 Å². The van der Waals surface area contributed by atoms with Gasteiger partial charge in [-0.1, -0.05) is 13.0 Å². The Hall–Kier alpha value is -3.00. The Balaban J connectivity index is 2.51. The van der Waals surface area contributed by atoms with E-state index in [2.05, 4.69) is 5.32 Å². The summed E-state index contributed by atoms with van der Waals surface area (Å²) >= 11 is 0. The van der Waals surface area contributed by atoms with Crippen LogP contribution in [0.2, 0.25) is 0 Å². The first kappa shape index (κ1) is 17.4. The number of nitrogens with zero attached hydrogens (tertiary/aromatic N) is 1. The van der Waals surface area contributed by atoms with Gasteiger partial charge >= 0.3 is 5.97 Å². The molecule has 1 unspecified atom stereocenters. The minimum Gasteiger partial charge on any atom is -0.497 e. The third-order valence-corrected chi connectivity index (χ3v) is 4.05. The lowest BCUT2D eigenvalue weighted by molar-refractivity contribution is -0.142. The third-order valence-electron chi connectivity index (χ3n) is 4.05. The standard InChI is InChI=1S/C19H20N2O3/c1-4-19(18(22)23,15-9-13(2)10-17(11-15)24-3)21-16-7-5-14(12-20)6-8-16/h5-11,21H,4H2,1-3H3,(H,22,23). The second kappa shape index (κ2) is 7.05. The normalized spacial score (nSPS) is 12.8. The number of carbonyl (C=O) groups is 1. The van der Waals surface area contributed by atoms with E-state index in [9.17, 15) is 9.90 Å². The molecule has 2 rings (SSSR count). The maximum Gasteiger partial charge on any atom is 0.334 e. The van der Waals surface area contributed by atoms with Gasteiger partial charge in [0.1, 0.15) is 5.75 Å². The maximum atomic E-state index is 12.1. The molecule has 0 amide bonds. The van der Waals surface area contributed by atoms with Crippen molar-refractivity contribution in [2.75, 3.05) is 12.4 Å². The highest BCUT2D eigenvalue weighted by molar-refractivity contribution is 5.85. The summed E-state index contributed by atoms with van der Waals surface area (Å²) in [5.74, 6) is -0.354. The zero-order chi connectivity index (χ0) is 17.7. The number of rotatable bonds is 6. The van der Waals surface area contributed by atoms with Crippen LogP contribution in [0.15, 0.2) is 42.5 Å². The van der Waals surface area contributed by atoms with Crippen LogP contribution in [0.4, 0.5) is 5.69 Å². The summed E-state index contributed by atoms with van der Waals surface area (Å²) in [4.78, 5) is 12.1. The molecule has 0 saturated carbocycles. The molecule has 0 aliphatic carbocycles. The van der Waals surface area contributed by atoms with Crippen LogP contribution in [-0.4, -0.2) is 18.2 Å². The van der Waals surface area contributed by atoms with Crippen LogP contribution < -0.4 is 10.1 Å². The molecule has 2 aromatic carbocycles. The van der Waals surface area contributed by atoms with Crippen LogP contribution in [0.25, 0.3) is 0 Å². The van der Waals surface area contributed by atoms with Crippen molar-refractivity contribution in [2.45, 2.75) is 25.8 Å². The van der Waals surface area contributed by atoms with Crippen LogP contribution in [0.5, 0.6) is 5.75 Å². The van der Waals surface area contributed by atoms with Gasteiger partial charge in [0, 0.05) is 5.69 Å². The number of benzene rings is 2. The predicted molar refractivity (Wildman–Crippen MR) is 92.1 cm³/mol. The molecular weight excluding hydrogens is 304 g/mol. The van der Waals surface area contributed by atoms with Gasteiger partial charge in [-0.05, 0) is 60.9 Å². The van der Waals surface area contributed by atoms with Gasteiger partial charge in [-0.2, -0.15) is 5.26 Å². The molecule has 5 heteroatoms. The van der Waals surface area contributed by atoms with Crippen molar-refractivity contribution in [1.29, 1.82) is 5.26 Å². The Morgan fingerprint density at radius 3 is 2.46 bits per heavy atom. The van der Waals surface area contributed by atoms with E-state index in [1.807, 2.05) is 32.0 Å². The Labute approximate surface area is 141 Å². The number of ether oxygens (including phenoxy) is 1. The van der Waals surface area contributed by atoms with Crippen molar-refractivity contribution in [2.24, 2.45) is 0 Å². The van der Waals surface area contributed by atoms with E-state index < -0.39 is 11.5 Å². The largest absolute Gasteiger partial charge is 0.497 e. The molecule has 124 valence electrons. The van der Waals surface area contributed by atoms with Gasteiger partial charge in [-0.15, -0.1) is 0 Å². The third kappa shape index (κ3) is 3.33. The highest BCUT2D eigenvalue weighted by Gasteiger charge is 2.39. The number of carboxylic acids is 1. The Bertz CT molecular complexity index is 778. The van der Waals surface area contributed by atoms with Gasteiger partial charge in [0.05, 0.1) is 18.7 Å². The van der Waals surface area contributed by atoms with Gasteiger partial charge in [0.2, 0.25) is 0 Å². The summed E-state index contributed by atoms with van der Waals surface area (Å²) < 4.78 is 5.28. The van der Waals surface area contributed by atoms with Gasteiger partial charge in [0.25, 0.3) is 0 Å². The van der Waals surface area contributed by atoms with Crippen LogP contribution in [0, 0.1) is 18.3 Å². The second-order valence-electron chi connectivity index (χ2n) is 5.62. The summed E-state index contributed by atoms with van der Waals surface area (Å²) in [6.45, 7) is 3.72. The number of nitriles is 1. The van der Waals surface area contributed by atoms with Crippen molar-refractivity contribution in [3.8, 4) is 11.8 Å². The molecule has 1 atom stereocenters. The van der Waals surface area contributed by atoms with E-state index in [0.29, 0.717) is 29.0 Å². The number of hydrogen-bond acceptors (Lipinski definition) is 4. The van der Waals surface area contributed by atoms with E-state index >= 15 is 0 Å². The molecule has 0 aromatic heterocycles. The molecule has 0 spiro atoms. The molecule has 2 aromatic rings. The summed E-state index contributed by atoms with van der Waals surface area (Å²) in [5.41, 5.74) is 1.42. The van der Waals surface area contributed by atoms with E-state index in [4.69, 9.17) is 10.00 Å². The lowest BCUT2D eigenvalue weighted by Gasteiger charge is -2.31. The monoisotopic (exact) mass is 324 g/mol. The average molecular weight is 324 g/mol. The first-order valence-corrected chi connectivity index (χ1v) is 7.63. The molecule has 0 bridgehead atoms.